The highest BCUT2D eigenvalue weighted by molar-refractivity contribution is 8.93. The van der Waals surface area contributed by atoms with Crippen molar-refractivity contribution in [3.8, 4) is 17.0 Å². The molecular formula is C21H28BrClN4O2S. The van der Waals surface area contributed by atoms with Crippen LogP contribution < -0.4 is 15.0 Å². The van der Waals surface area contributed by atoms with Crippen LogP contribution in [0.3, 0.4) is 0 Å². The van der Waals surface area contributed by atoms with Gasteiger partial charge in [-0.1, -0.05) is 18.5 Å². The molecule has 3 heterocycles. The highest BCUT2D eigenvalue weighted by atomic mass is 79.9. The molecule has 0 aliphatic carbocycles. The molecule has 1 amide bonds. The Bertz CT molecular complexity index is 886. The maximum absolute atomic E-state index is 11.9. The third-order valence-corrected chi connectivity index (χ3v) is 6.71. The summed E-state index contributed by atoms with van der Waals surface area (Å²) in [5.41, 5.74) is 2.31. The highest BCUT2D eigenvalue weighted by Crippen LogP contribution is 2.43. The maximum atomic E-state index is 11.9. The fraction of sp³-hybridized carbons (Fsp3) is 0.524. The van der Waals surface area contributed by atoms with Crippen LogP contribution in [0.5, 0.6) is 5.75 Å². The Morgan fingerprint density at radius 2 is 2.10 bits per heavy atom. The summed E-state index contributed by atoms with van der Waals surface area (Å²) < 4.78 is 5.72. The number of piperidine rings is 1. The number of nitrogens with zero attached hydrogens (tertiary/aromatic N) is 3. The number of carbonyl (C=O) groups is 1. The quantitative estimate of drug-likeness (QED) is 0.553. The van der Waals surface area contributed by atoms with Crippen molar-refractivity contribution in [3.05, 3.63) is 22.5 Å². The molecule has 0 bridgehead atoms. The Morgan fingerprint density at radius 1 is 1.33 bits per heavy atom. The second kappa shape index (κ2) is 10.3. The number of nitrogens with one attached hydrogen (secondary N) is 1. The molecule has 2 aliphatic rings. The SMILES string of the molecule is Br.CC1CCN(CCCNc2nc(-c3cc(Cl)cc4c3OCC(=O)N4C)cs2)CC1. The smallest absolute Gasteiger partial charge is 0.264 e. The van der Waals surface area contributed by atoms with Crippen LogP contribution in [0.4, 0.5) is 10.8 Å². The fourth-order valence-corrected chi connectivity index (χ4v) is 4.75. The van der Waals surface area contributed by atoms with E-state index in [0.717, 1.165) is 41.8 Å². The highest BCUT2D eigenvalue weighted by Gasteiger charge is 2.26. The minimum absolute atomic E-state index is 0. The zero-order chi connectivity index (χ0) is 20.4. The molecule has 0 radical (unpaired) electrons. The Morgan fingerprint density at radius 3 is 2.87 bits per heavy atom. The number of amides is 1. The molecule has 1 aromatic carbocycles. The van der Waals surface area contributed by atoms with E-state index in [2.05, 4.69) is 17.1 Å². The van der Waals surface area contributed by atoms with E-state index < -0.39 is 0 Å². The Hall–Kier alpha value is -1.35. The summed E-state index contributed by atoms with van der Waals surface area (Å²) in [5.74, 6) is 1.44. The molecular weight excluding hydrogens is 488 g/mol. The number of carbonyl (C=O) groups excluding carboxylic acids is 1. The number of likely N-dealkylation sites (N-methyl/N-ethyl adjacent to an activating group) is 1. The van der Waals surface area contributed by atoms with Crippen molar-refractivity contribution < 1.29 is 9.53 Å². The first-order valence-electron chi connectivity index (χ1n) is 10.2. The van der Waals surface area contributed by atoms with Gasteiger partial charge in [-0.25, -0.2) is 4.98 Å². The number of thiazole rings is 1. The summed E-state index contributed by atoms with van der Waals surface area (Å²) in [5, 5.41) is 6.88. The van der Waals surface area contributed by atoms with Crippen LogP contribution in [-0.2, 0) is 4.79 Å². The monoisotopic (exact) mass is 514 g/mol. The van der Waals surface area contributed by atoms with E-state index in [9.17, 15) is 4.79 Å². The van der Waals surface area contributed by atoms with Gasteiger partial charge in [-0.15, -0.1) is 28.3 Å². The lowest BCUT2D eigenvalue weighted by atomic mass is 9.99. The molecule has 1 saturated heterocycles. The lowest BCUT2D eigenvalue weighted by Gasteiger charge is -2.30. The summed E-state index contributed by atoms with van der Waals surface area (Å²) in [4.78, 5) is 20.8. The average molecular weight is 516 g/mol. The summed E-state index contributed by atoms with van der Waals surface area (Å²) in [6, 6.07) is 3.60. The van der Waals surface area contributed by atoms with Gasteiger partial charge in [0.25, 0.3) is 5.91 Å². The van der Waals surface area contributed by atoms with Crippen molar-refractivity contribution in [3.63, 3.8) is 0 Å². The van der Waals surface area contributed by atoms with E-state index >= 15 is 0 Å². The van der Waals surface area contributed by atoms with Gasteiger partial charge in [0.05, 0.1) is 11.4 Å². The molecule has 2 aromatic rings. The van der Waals surface area contributed by atoms with Gasteiger partial charge in [-0.3, -0.25) is 4.79 Å². The zero-order valence-electron chi connectivity index (χ0n) is 17.3. The van der Waals surface area contributed by atoms with Gasteiger partial charge >= 0.3 is 0 Å². The number of aromatic nitrogens is 1. The van der Waals surface area contributed by atoms with E-state index in [-0.39, 0.29) is 29.5 Å². The van der Waals surface area contributed by atoms with Gasteiger partial charge in [0, 0.05) is 29.6 Å². The van der Waals surface area contributed by atoms with Crippen molar-refractivity contribution >= 4 is 56.6 Å². The first-order chi connectivity index (χ1) is 14.0. The molecule has 1 N–H and O–H groups in total. The summed E-state index contributed by atoms with van der Waals surface area (Å²) in [6.07, 6.45) is 3.73. The lowest BCUT2D eigenvalue weighted by Crippen LogP contribution is -2.35. The van der Waals surface area contributed by atoms with Crippen LogP contribution in [0.2, 0.25) is 5.02 Å². The third kappa shape index (κ3) is 5.28. The van der Waals surface area contributed by atoms with Crippen LogP contribution in [0.15, 0.2) is 17.5 Å². The number of anilines is 2. The standard InChI is InChI=1S/C21H27ClN4O2S.BrH/c1-14-4-8-26(9-5-14)7-3-6-23-21-24-17(13-29-21)16-10-15(22)11-18-20(16)28-12-19(27)25(18)2;/h10-11,13-14H,3-9,12H2,1-2H3,(H,23,24);1H. The molecule has 0 saturated carbocycles. The summed E-state index contributed by atoms with van der Waals surface area (Å²) in [7, 11) is 1.74. The minimum Gasteiger partial charge on any atom is -0.481 e. The molecule has 0 unspecified atom stereocenters. The topological polar surface area (TPSA) is 57.7 Å². The molecule has 6 nitrogen and oxygen atoms in total. The molecule has 0 spiro atoms. The van der Waals surface area contributed by atoms with Gasteiger partial charge in [0.1, 0.15) is 0 Å². The first-order valence-corrected chi connectivity index (χ1v) is 11.4. The number of hydrogen-bond acceptors (Lipinski definition) is 6. The number of halogens is 2. The maximum Gasteiger partial charge on any atom is 0.264 e. The molecule has 0 atom stereocenters. The Kier molecular flexibility index (Phi) is 8.01. The molecule has 1 fully saturated rings. The van der Waals surface area contributed by atoms with E-state index in [4.69, 9.17) is 21.3 Å². The van der Waals surface area contributed by atoms with Crippen LogP contribution in [0.1, 0.15) is 26.2 Å². The normalized spacial score (nSPS) is 17.3. The van der Waals surface area contributed by atoms with E-state index in [0.29, 0.717) is 16.5 Å². The molecule has 30 heavy (non-hydrogen) atoms. The third-order valence-electron chi connectivity index (χ3n) is 5.69. The van der Waals surface area contributed by atoms with Gasteiger partial charge in [0.15, 0.2) is 17.5 Å². The van der Waals surface area contributed by atoms with Crippen molar-refractivity contribution in [1.82, 2.24) is 9.88 Å². The Labute approximate surface area is 197 Å². The van der Waals surface area contributed by atoms with Crippen molar-refractivity contribution in [1.29, 1.82) is 0 Å². The van der Waals surface area contributed by atoms with Crippen LogP contribution >= 0.6 is 39.9 Å². The molecule has 2 aliphatic heterocycles. The van der Waals surface area contributed by atoms with Crippen LogP contribution in [0, 0.1) is 5.92 Å². The second-order valence-electron chi connectivity index (χ2n) is 7.89. The summed E-state index contributed by atoms with van der Waals surface area (Å²) >= 11 is 7.87. The van der Waals surface area contributed by atoms with Crippen molar-refractivity contribution in [2.24, 2.45) is 5.92 Å². The number of rotatable bonds is 6. The van der Waals surface area contributed by atoms with E-state index in [1.54, 1.807) is 29.4 Å². The molecule has 164 valence electrons. The predicted molar refractivity (Wildman–Crippen MR) is 130 cm³/mol. The van der Waals surface area contributed by atoms with Crippen LogP contribution in [-0.4, -0.2) is 55.6 Å². The minimum atomic E-state index is -0.0884. The average Bonchev–Trinajstić information content (AvgIpc) is 3.18. The second-order valence-corrected chi connectivity index (χ2v) is 9.18. The molecule has 1 aromatic heterocycles. The molecule has 9 heteroatoms. The van der Waals surface area contributed by atoms with Gasteiger partial charge in [-0.2, -0.15) is 0 Å². The van der Waals surface area contributed by atoms with Gasteiger partial charge in [-0.05, 0) is 56.9 Å². The Balaban J connectivity index is 0.00000256. The number of fused-ring (bicyclic) bond motifs is 1. The van der Waals surface area contributed by atoms with Gasteiger partial charge in [0.2, 0.25) is 0 Å². The number of benzene rings is 1. The van der Waals surface area contributed by atoms with Gasteiger partial charge < -0.3 is 19.9 Å². The van der Waals surface area contributed by atoms with E-state index in [1.165, 1.54) is 25.9 Å². The largest absolute Gasteiger partial charge is 0.481 e. The zero-order valence-corrected chi connectivity index (χ0v) is 20.6. The summed E-state index contributed by atoms with van der Waals surface area (Å²) in [6.45, 7) is 6.85. The number of hydrogen-bond donors (Lipinski definition) is 1. The lowest BCUT2D eigenvalue weighted by molar-refractivity contribution is -0.120. The molecule has 4 rings (SSSR count). The first kappa shape index (κ1) is 23.3. The number of likely N-dealkylation sites (tertiary alicyclic amines) is 1. The van der Waals surface area contributed by atoms with Crippen LogP contribution in [0.25, 0.3) is 11.3 Å². The van der Waals surface area contributed by atoms with Crippen molar-refractivity contribution in [2.45, 2.75) is 26.2 Å². The fourth-order valence-electron chi connectivity index (χ4n) is 3.80. The number of ether oxygens (including phenoxy) is 1. The predicted octanol–water partition coefficient (Wildman–Crippen LogP) is 4.93. The van der Waals surface area contributed by atoms with E-state index in [1.807, 2.05) is 11.4 Å². The van der Waals surface area contributed by atoms with Crippen molar-refractivity contribution in [2.75, 3.05) is 50.1 Å².